The van der Waals surface area contributed by atoms with Crippen molar-refractivity contribution in [2.75, 3.05) is 0 Å². The van der Waals surface area contributed by atoms with Crippen LogP contribution in [0.15, 0.2) is 24.3 Å². The van der Waals surface area contributed by atoms with Gasteiger partial charge in [-0.05, 0) is 42.9 Å². The number of carbonyl (C=O) groups excluding carboxylic acids is 1. The molecule has 0 aromatic heterocycles. The lowest BCUT2D eigenvalue weighted by Crippen LogP contribution is -2.13. The first-order chi connectivity index (χ1) is 7.27. The summed E-state index contributed by atoms with van der Waals surface area (Å²) < 4.78 is 0. The van der Waals surface area contributed by atoms with Gasteiger partial charge in [0.2, 0.25) is 0 Å². The van der Waals surface area contributed by atoms with Crippen LogP contribution >= 0.6 is 0 Å². The van der Waals surface area contributed by atoms with Gasteiger partial charge in [0, 0.05) is 11.3 Å². The van der Waals surface area contributed by atoms with Crippen molar-refractivity contribution in [1.29, 1.82) is 0 Å². The molecule has 2 aliphatic carbocycles. The normalized spacial score (nSPS) is 33.7. The number of aldehydes is 1. The number of phenolic OH excluding ortho intramolecular Hbond substituents is 1. The smallest absolute Gasteiger partial charge is 0.124 e. The second-order valence-electron chi connectivity index (χ2n) is 4.81. The van der Waals surface area contributed by atoms with Crippen molar-refractivity contribution in [1.82, 2.24) is 0 Å². The first-order valence-corrected chi connectivity index (χ1v) is 5.52. The van der Waals surface area contributed by atoms with Crippen LogP contribution in [0.4, 0.5) is 0 Å². The molecular formula is C13H14O2. The van der Waals surface area contributed by atoms with Crippen LogP contribution < -0.4 is 0 Å². The SMILES string of the molecule is O=CC1CC1(c1ccc(O)cc1)C1CC1. The Morgan fingerprint density at radius 1 is 1.27 bits per heavy atom. The third-order valence-electron chi connectivity index (χ3n) is 3.93. The third kappa shape index (κ3) is 1.21. The molecule has 2 fully saturated rings. The quantitative estimate of drug-likeness (QED) is 0.763. The molecule has 0 radical (unpaired) electrons. The molecule has 0 spiro atoms. The zero-order chi connectivity index (χ0) is 10.5. The molecule has 15 heavy (non-hydrogen) atoms. The lowest BCUT2D eigenvalue weighted by atomic mass is 9.88. The van der Waals surface area contributed by atoms with Crippen LogP contribution in [0.2, 0.25) is 0 Å². The van der Waals surface area contributed by atoms with Crippen molar-refractivity contribution in [3.63, 3.8) is 0 Å². The number of phenols is 1. The molecule has 0 saturated heterocycles. The molecule has 0 amide bonds. The number of hydrogen-bond donors (Lipinski definition) is 1. The predicted octanol–water partition coefficient (Wildman–Crippen LogP) is 2.26. The van der Waals surface area contributed by atoms with Crippen LogP contribution in [-0.4, -0.2) is 11.4 Å². The molecule has 2 aliphatic rings. The maximum atomic E-state index is 10.9. The van der Waals surface area contributed by atoms with E-state index < -0.39 is 0 Å². The Hall–Kier alpha value is -1.31. The first-order valence-electron chi connectivity index (χ1n) is 5.52. The van der Waals surface area contributed by atoms with Crippen molar-refractivity contribution in [2.45, 2.75) is 24.7 Å². The topological polar surface area (TPSA) is 37.3 Å². The summed E-state index contributed by atoms with van der Waals surface area (Å²) in [5, 5.41) is 9.25. The van der Waals surface area contributed by atoms with E-state index in [2.05, 4.69) is 0 Å². The molecule has 0 bridgehead atoms. The Labute approximate surface area is 88.9 Å². The van der Waals surface area contributed by atoms with Crippen molar-refractivity contribution in [2.24, 2.45) is 11.8 Å². The van der Waals surface area contributed by atoms with Gasteiger partial charge in [-0.2, -0.15) is 0 Å². The second kappa shape index (κ2) is 2.84. The van der Waals surface area contributed by atoms with Crippen LogP contribution in [-0.2, 0) is 10.2 Å². The molecule has 2 heteroatoms. The van der Waals surface area contributed by atoms with Gasteiger partial charge >= 0.3 is 0 Å². The van der Waals surface area contributed by atoms with Crippen LogP contribution in [0.3, 0.4) is 0 Å². The summed E-state index contributed by atoms with van der Waals surface area (Å²) in [6.45, 7) is 0. The standard InChI is InChI=1S/C13H14O2/c14-8-11-7-13(11,9-1-2-9)10-3-5-12(15)6-4-10/h3-6,8-9,11,15H,1-2,7H2. The molecule has 0 heterocycles. The summed E-state index contributed by atoms with van der Waals surface area (Å²) in [6, 6.07) is 7.38. The molecule has 2 unspecified atom stereocenters. The molecule has 78 valence electrons. The largest absolute Gasteiger partial charge is 0.508 e. The summed E-state index contributed by atoms with van der Waals surface area (Å²) in [4.78, 5) is 10.9. The number of benzene rings is 1. The maximum Gasteiger partial charge on any atom is 0.124 e. The predicted molar refractivity (Wildman–Crippen MR) is 56.7 cm³/mol. The Morgan fingerprint density at radius 2 is 1.93 bits per heavy atom. The Kier molecular flexibility index (Phi) is 1.70. The second-order valence-corrected chi connectivity index (χ2v) is 4.81. The Morgan fingerprint density at radius 3 is 2.40 bits per heavy atom. The molecule has 1 aromatic rings. The molecule has 0 aliphatic heterocycles. The van der Waals surface area contributed by atoms with E-state index in [4.69, 9.17) is 0 Å². The molecule has 1 aromatic carbocycles. The van der Waals surface area contributed by atoms with Crippen LogP contribution in [0.5, 0.6) is 5.75 Å². The van der Waals surface area contributed by atoms with Crippen LogP contribution in [0, 0.1) is 11.8 Å². The van der Waals surface area contributed by atoms with E-state index in [0.717, 1.165) is 12.7 Å². The lowest BCUT2D eigenvalue weighted by molar-refractivity contribution is -0.109. The molecule has 2 atom stereocenters. The highest BCUT2D eigenvalue weighted by Crippen LogP contribution is 2.65. The van der Waals surface area contributed by atoms with E-state index >= 15 is 0 Å². The number of hydrogen-bond acceptors (Lipinski definition) is 2. The molecule has 3 rings (SSSR count). The van der Waals surface area contributed by atoms with Crippen molar-refractivity contribution < 1.29 is 9.90 Å². The van der Waals surface area contributed by atoms with Gasteiger partial charge in [0.25, 0.3) is 0 Å². The Balaban J connectivity index is 1.97. The van der Waals surface area contributed by atoms with Gasteiger partial charge in [0.05, 0.1) is 0 Å². The van der Waals surface area contributed by atoms with Gasteiger partial charge in [0.15, 0.2) is 0 Å². The monoisotopic (exact) mass is 202 g/mol. The highest BCUT2D eigenvalue weighted by Gasteiger charge is 2.62. The van der Waals surface area contributed by atoms with Gasteiger partial charge in [-0.15, -0.1) is 0 Å². The van der Waals surface area contributed by atoms with Gasteiger partial charge in [-0.1, -0.05) is 12.1 Å². The molecule has 2 saturated carbocycles. The van der Waals surface area contributed by atoms with E-state index in [1.807, 2.05) is 12.1 Å². The van der Waals surface area contributed by atoms with E-state index in [9.17, 15) is 9.90 Å². The molecule has 1 N–H and O–H groups in total. The Bertz CT molecular complexity index is 392. The minimum Gasteiger partial charge on any atom is -0.508 e. The fourth-order valence-electron chi connectivity index (χ4n) is 2.88. The lowest BCUT2D eigenvalue weighted by Gasteiger charge is -2.15. The van der Waals surface area contributed by atoms with Gasteiger partial charge in [0.1, 0.15) is 12.0 Å². The number of rotatable bonds is 3. The average molecular weight is 202 g/mol. The van der Waals surface area contributed by atoms with Crippen molar-refractivity contribution in [3.05, 3.63) is 29.8 Å². The van der Waals surface area contributed by atoms with Gasteiger partial charge < -0.3 is 9.90 Å². The average Bonchev–Trinajstić information content (AvgIpc) is 3.12. The van der Waals surface area contributed by atoms with E-state index in [-0.39, 0.29) is 11.3 Å². The van der Waals surface area contributed by atoms with Crippen molar-refractivity contribution in [3.8, 4) is 5.75 Å². The summed E-state index contributed by atoms with van der Waals surface area (Å²) in [6.07, 6.45) is 4.62. The minimum absolute atomic E-state index is 0.134. The zero-order valence-corrected chi connectivity index (χ0v) is 8.52. The molecule has 2 nitrogen and oxygen atoms in total. The van der Waals surface area contributed by atoms with Gasteiger partial charge in [-0.25, -0.2) is 0 Å². The summed E-state index contributed by atoms with van der Waals surface area (Å²) in [5.74, 6) is 1.22. The fourth-order valence-corrected chi connectivity index (χ4v) is 2.88. The van der Waals surface area contributed by atoms with Crippen LogP contribution in [0.25, 0.3) is 0 Å². The fraction of sp³-hybridized carbons (Fsp3) is 0.462. The zero-order valence-electron chi connectivity index (χ0n) is 8.52. The third-order valence-corrected chi connectivity index (χ3v) is 3.93. The first kappa shape index (κ1) is 8.96. The van der Waals surface area contributed by atoms with E-state index in [1.54, 1.807) is 12.1 Å². The summed E-state index contributed by atoms with van der Waals surface area (Å²) >= 11 is 0. The highest BCUT2D eigenvalue weighted by molar-refractivity contribution is 5.65. The summed E-state index contributed by atoms with van der Waals surface area (Å²) in [5.41, 5.74) is 1.37. The maximum absolute atomic E-state index is 10.9. The minimum atomic E-state index is 0.134. The van der Waals surface area contributed by atoms with E-state index in [1.165, 1.54) is 18.4 Å². The molecular weight excluding hydrogens is 188 g/mol. The number of carbonyl (C=O) groups is 1. The highest BCUT2D eigenvalue weighted by atomic mass is 16.3. The van der Waals surface area contributed by atoms with Gasteiger partial charge in [-0.3, -0.25) is 0 Å². The van der Waals surface area contributed by atoms with Crippen molar-refractivity contribution >= 4 is 6.29 Å². The number of aromatic hydroxyl groups is 1. The van der Waals surface area contributed by atoms with E-state index in [0.29, 0.717) is 11.7 Å². The van der Waals surface area contributed by atoms with Crippen LogP contribution in [0.1, 0.15) is 24.8 Å². The summed E-state index contributed by atoms with van der Waals surface area (Å²) in [7, 11) is 0.